The first kappa shape index (κ1) is 13.7. The van der Waals surface area contributed by atoms with Gasteiger partial charge in [-0.3, -0.25) is 0 Å². The Kier molecular flexibility index (Phi) is 8.96. The van der Waals surface area contributed by atoms with Crippen LogP contribution in [0.15, 0.2) is 0 Å². The van der Waals surface area contributed by atoms with Gasteiger partial charge in [-0.15, -0.1) is 0 Å². The molecule has 0 amide bonds. The van der Waals surface area contributed by atoms with Crippen molar-refractivity contribution in [1.29, 1.82) is 0 Å². The zero-order valence-corrected chi connectivity index (χ0v) is 11.5. The highest BCUT2D eigenvalue weighted by Gasteiger charge is 1.99. The van der Waals surface area contributed by atoms with E-state index in [0.717, 1.165) is 6.54 Å². The van der Waals surface area contributed by atoms with Crippen LogP contribution in [0.2, 0.25) is 0 Å². The molecule has 1 fully saturated rings. The van der Waals surface area contributed by atoms with Gasteiger partial charge in [-0.05, 0) is 44.5 Å². The third-order valence-electron chi connectivity index (χ3n) is 2.51. The first-order valence-electron chi connectivity index (χ1n) is 5.94. The fraction of sp³-hybridized carbons (Fsp3) is 1.00. The van der Waals surface area contributed by atoms with Crippen LogP contribution in [0.4, 0.5) is 0 Å². The molecule has 0 atom stereocenters. The number of thioether (sulfide) groups is 2. The highest BCUT2D eigenvalue weighted by molar-refractivity contribution is 8.02. The molecule has 0 bridgehead atoms. The smallest absolute Gasteiger partial charge is 0.0104 e. The van der Waals surface area contributed by atoms with E-state index in [1.807, 2.05) is 0 Å². The lowest BCUT2D eigenvalue weighted by molar-refractivity contribution is 0.333. The lowest BCUT2D eigenvalue weighted by atomic mass is 10.4. The van der Waals surface area contributed by atoms with Crippen LogP contribution in [0, 0.1) is 0 Å². The summed E-state index contributed by atoms with van der Waals surface area (Å²) in [5.41, 5.74) is 0. The minimum Gasteiger partial charge on any atom is -0.315 e. The van der Waals surface area contributed by atoms with Crippen LogP contribution in [-0.2, 0) is 0 Å². The van der Waals surface area contributed by atoms with Crippen molar-refractivity contribution < 1.29 is 0 Å². The molecule has 0 unspecified atom stereocenters. The second kappa shape index (κ2) is 9.82. The Morgan fingerprint density at radius 1 is 0.867 bits per heavy atom. The second-order valence-electron chi connectivity index (χ2n) is 3.99. The van der Waals surface area contributed by atoms with Gasteiger partial charge in [-0.25, -0.2) is 0 Å². The fourth-order valence-corrected chi connectivity index (χ4v) is 3.60. The largest absolute Gasteiger partial charge is 0.315 e. The number of hydrogen-bond acceptors (Lipinski definition) is 4. The molecule has 4 heteroatoms. The fourth-order valence-electron chi connectivity index (χ4n) is 1.56. The normalized spacial score (nSPS) is 24.6. The number of hydrogen-bond donors (Lipinski definition) is 1. The van der Waals surface area contributed by atoms with Gasteiger partial charge >= 0.3 is 0 Å². The minimum absolute atomic E-state index is 1.15. The first-order valence-corrected chi connectivity index (χ1v) is 8.25. The lowest BCUT2D eigenvalue weighted by Crippen LogP contribution is -2.30. The van der Waals surface area contributed by atoms with Crippen LogP contribution >= 0.6 is 23.5 Å². The lowest BCUT2D eigenvalue weighted by Gasteiger charge is -2.17. The highest BCUT2D eigenvalue weighted by Crippen LogP contribution is 2.09. The third kappa shape index (κ3) is 8.43. The summed E-state index contributed by atoms with van der Waals surface area (Å²) in [5, 5.41) is 3.51. The van der Waals surface area contributed by atoms with E-state index in [2.05, 4.69) is 40.8 Å². The minimum atomic E-state index is 1.15. The van der Waals surface area contributed by atoms with Gasteiger partial charge in [0.1, 0.15) is 0 Å². The molecule has 90 valence electrons. The molecule has 1 aliphatic heterocycles. The molecule has 0 aromatic carbocycles. The molecule has 0 aromatic rings. The quantitative estimate of drug-likeness (QED) is 0.702. The molecule has 0 aromatic heterocycles. The van der Waals surface area contributed by atoms with Gasteiger partial charge in [-0.1, -0.05) is 0 Å². The van der Waals surface area contributed by atoms with Gasteiger partial charge in [0, 0.05) is 24.6 Å². The molecular weight excluding hydrogens is 224 g/mol. The van der Waals surface area contributed by atoms with Crippen LogP contribution in [0.3, 0.4) is 0 Å². The maximum absolute atomic E-state index is 3.51. The standard InChI is InChI=1S/C11H24N2S2/c1-13-6-3-9-15-11-10-14-8-2-4-12-5-7-13/h12H,2-11H2,1H3. The topological polar surface area (TPSA) is 15.3 Å². The average Bonchev–Trinajstić information content (AvgIpc) is 2.24. The van der Waals surface area contributed by atoms with Crippen molar-refractivity contribution in [2.75, 3.05) is 56.2 Å². The monoisotopic (exact) mass is 248 g/mol. The summed E-state index contributed by atoms with van der Waals surface area (Å²) in [7, 11) is 2.23. The molecule has 15 heavy (non-hydrogen) atoms. The van der Waals surface area contributed by atoms with Crippen LogP contribution in [0.25, 0.3) is 0 Å². The maximum Gasteiger partial charge on any atom is 0.0104 e. The number of likely N-dealkylation sites (N-methyl/N-ethyl adjacent to an activating group) is 1. The first-order chi connectivity index (χ1) is 7.39. The van der Waals surface area contributed by atoms with Crippen molar-refractivity contribution in [2.45, 2.75) is 12.8 Å². The predicted octanol–water partition coefficient (Wildman–Crippen LogP) is 1.77. The molecule has 1 rings (SSSR count). The van der Waals surface area contributed by atoms with Gasteiger partial charge in [-0.2, -0.15) is 23.5 Å². The van der Waals surface area contributed by atoms with E-state index in [-0.39, 0.29) is 0 Å². The molecular formula is C11H24N2S2. The number of rotatable bonds is 0. The average molecular weight is 248 g/mol. The summed E-state index contributed by atoms with van der Waals surface area (Å²) in [6, 6.07) is 0. The SMILES string of the molecule is CN1CCCSCCSCCCNCC1. The van der Waals surface area contributed by atoms with Crippen molar-refractivity contribution in [2.24, 2.45) is 0 Å². The summed E-state index contributed by atoms with van der Waals surface area (Å²) >= 11 is 4.23. The van der Waals surface area contributed by atoms with Gasteiger partial charge in [0.25, 0.3) is 0 Å². The molecule has 0 aliphatic carbocycles. The zero-order valence-electron chi connectivity index (χ0n) is 9.83. The van der Waals surface area contributed by atoms with E-state index < -0.39 is 0 Å². The summed E-state index contributed by atoms with van der Waals surface area (Å²) < 4.78 is 0. The second-order valence-corrected chi connectivity index (χ2v) is 6.43. The van der Waals surface area contributed by atoms with E-state index in [1.54, 1.807) is 0 Å². The number of nitrogens with zero attached hydrogens (tertiary/aromatic N) is 1. The van der Waals surface area contributed by atoms with Crippen LogP contribution in [-0.4, -0.2) is 61.1 Å². The molecule has 1 heterocycles. The van der Waals surface area contributed by atoms with Crippen molar-refractivity contribution in [3.63, 3.8) is 0 Å². The van der Waals surface area contributed by atoms with Gasteiger partial charge < -0.3 is 10.2 Å². The van der Waals surface area contributed by atoms with Gasteiger partial charge in [0.2, 0.25) is 0 Å². The Balaban J connectivity index is 2.10. The Labute approximate surface area is 103 Å². The molecule has 1 aliphatic rings. The van der Waals surface area contributed by atoms with Gasteiger partial charge in [0.15, 0.2) is 0 Å². The van der Waals surface area contributed by atoms with Crippen molar-refractivity contribution >= 4 is 23.5 Å². The third-order valence-corrected chi connectivity index (χ3v) is 4.91. The zero-order chi connectivity index (χ0) is 10.8. The summed E-state index contributed by atoms with van der Waals surface area (Å²) in [6.07, 6.45) is 2.66. The van der Waals surface area contributed by atoms with E-state index in [4.69, 9.17) is 0 Å². The Morgan fingerprint density at radius 2 is 1.60 bits per heavy atom. The molecule has 0 saturated carbocycles. The molecule has 0 radical (unpaired) electrons. The summed E-state index contributed by atoms with van der Waals surface area (Å²) in [5.74, 6) is 5.32. The highest BCUT2D eigenvalue weighted by atomic mass is 32.2. The van der Waals surface area contributed by atoms with E-state index in [0.29, 0.717) is 0 Å². The molecule has 0 spiro atoms. The molecule has 1 N–H and O–H groups in total. The van der Waals surface area contributed by atoms with E-state index in [9.17, 15) is 0 Å². The van der Waals surface area contributed by atoms with Crippen molar-refractivity contribution in [3.05, 3.63) is 0 Å². The number of nitrogens with one attached hydrogen (secondary N) is 1. The van der Waals surface area contributed by atoms with Crippen LogP contribution in [0.1, 0.15) is 12.8 Å². The molecule has 2 nitrogen and oxygen atoms in total. The summed E-state index contributed by atoms with van der Waals surface area (Å²) in [6.45, 7) is 4.78. The van der Waals surface area contributed by atoms with Crippen LogP contribution in [0.5, 0.6) is 0 Å². The Morgan fingerprint density at radius 3 is 2.40 bits per heavy atom. The van der Waals surface area contributed by atoms with Crippen molar-refractivity contribution in [3.8, 4) is 0 Å². The van der Waals surface area contributed by atoms with E-state index in [1.165, 1.54) is 55.5 Å². The maximum atomic E-state index is 3.51. The molecule has 1 saturated heterocycles. The Bertz CT molecular complexity index is 131. The summed E-state index contributed by atoms with van der Waals surface area (Å²) in [4.78, 5) is 2.44. The van der Waals surface area contributed by atoms with E-state index >= 15 is 0 Å². The predicted molar refractivity (Wildman–Crippen MR) is 74.3 cm³/mol. The van der Waals surface area contributed by atoms with Gasteiger partial charge in [0.05, 0.1) is 0 Å². The Hall–Kier alpha value is 0.620. The van der Waals surface area contributed by atoms with Crippen molar-refractivity contribution in [1.82, 2.24) is 10.2 Å². The van der Waals surface area contributed by atoms with Crippen LogP contribution < -0.4 is 5.32 Å².